The van der Waals surface area contributed by atoms with Gasteiger partial charge in [-0.1, -0.05) is 18.9 Å². The van der Waals surface area contributed by atoms with Crippen LogP contribution in [-0.4, -0.2) is 28.1 Å². The normalized spacial score (nSPS) is 11.3. The lowest BCUT2D eigenvalue weighted by atomic mass is 10.1. The molecule has 29 heavy (non-hydrogen) atoms. The van der Waals surface area contributed by atoms with Gasteiger partial charge in [0.05, 0.1) is 17.4 Å². The second kappa shape index (κ2) is 7.54. The molecule has 0 aliphatic heterocycles. The molecule has 0 bridgehead atoms. The molecule has 1 aromatic heterocycles. The van der Waals surface area contributed by atoms with Crippen molar-refractivity contribution in [2.24, 2.45) is 12.8 Å². The summed E-state index contributed by atoms with van der Waals surface area (Å²) in [6.45, 7) is 0. The average molecular weight is 425 g/mol. The Kier molecular flexibility index (Phi) is 5.29. The van der Waals surface area contributed by atoms with Gasteiger partial charge in [-0.3, -0.25) is 9.48 Å². The first-order valence-electron chi connectivity index (χ1n) is 7.97. The van der Waals surface area contributed by atoms with Gasteiger partial charge < -0.3 is 15.8 Å². The summed E-state index contributed by atoms with van der Waals surface area (Å²) in [6.07, 6.45) is -3.49. The van der Waals surface area contributed by atoms with Crippen LogP contribution in [0.4, 0.5) is 29.3 Å². The number of carbonyl (C=O) groups is 2. The quantitative estimate of drug-likeness (QED) is 0.557. The van der Waals surface area contributed by atoms with E-state index >= 15 is 0 Å². The molecule has 2 aromatic carbocycles. The zero-order valence-corrected chi connectivity index (χ0v) is 15.7. The summed E-state index contributed by atoms with van der Waals surface area (Å²) >= 11 is 3.98. The zero-order chi connectivity index (χ0) is 21.3. The van der Waals surface area contributed by atoms with Gasteiger partial charge in [0, 0.05) is 18.0 Å². The Morgan fingerprint density at radius 3 is 2.66 bits per heavy atom. The fourth-order valence-electron chi connectivity index (χ4n) is 2.61. The number of anilines is 2. The number of rotatable bonds is 4. The number of thiol groups is 1. The van der Waals surface area contributed by atoms with Crippen molar-refractivity contribution in [1.82, 2.24) is 9.78 Å². The first-order valence-corrected chi connectivity index (χ1v) is 8.37. The van der Waals surface area contributed by atoms with Crippen molar-refractivity contribution in [1.29, 1.82) is 0 Å². The second-order valence-corrected chi connectivity index (χ2v) is 6.24. The predicted molar refractivity (Wildman–Crippen MR) is 103 cm³/mol. The molecular weight excluding hydrogens is 411 g/mol. The molecule has 0 radical (unpaired) electrons. The van der Waals surface area contributed by atoms with Crippen LogP contribution in [0.3, 0.4) is 0 Å². The highest BCUT2D eigenvalue weighted by Crippen LogP contribution is 2.35. The fraction of sp³-hybridized carbons (Fsp3) is 0.118. The smallest absolute Gasteiger partial charge is 0.404 e. The van der Waals surface area contributed by atoms with Crippen LogP contribution in [0, 0.1) is 0 Å². The number of halogens is 3. The Morgan fingerprint density at radius 2 is 2.00 bits per heavy atom. The Bertz CT molecular complexity index is 1100. The number of carbonyl (C=O) groups excluding carboxylic acids is 2. The largest absolute Gasteiger partial charge is 0.573 e. The third-order valence-corrected chi connectivity index (χ3v) is 4.32. The Balaban J connectivity index is 1.95. The molecule has 3 rings (SSSR count). The minimum Gasteiger partial charge on any atom is -0.404 e. The fourth-order valence-corrected chi connectivity index (χ4v) is 2.82. The van der Waals surface area contributed by atoms with E-state index in [1.165, 1.54) is 6.20 Å². The number of ether oxygens (including phenoxy) is 1. The van der Waals surface area contributed by atoms with Crippen LogP contribution in [0.15, 0.2) is 42.6 Å². The van der Waals surface area contributed by atoms with Gasteiger partial charge in [0.25, 0.3) is 0 Å². The number of aryl methyl sites for hydroxylation is 1. The Hall–Kier alpha value is -3.41. The highest BCUT2D eigenvalue weighted by atomic mass is 32.1. The van der Waals surface area contributed by atoms with E-state index in [9.17, 15) is 22.8 Å². The predicted octanol–water partition coefficient (Wildman–Crippen LogP) is 3.45. The number of hydrogen-bond acceptors (Lipinski definition) is 5. The third-order valence-electron chi connectivity index (χ3n) is 3.92. The van der Waals surface area contributed by atoms with Gasteiger partial charge in [0.15, 0.2) is 5.75 Å². The van der Waals surface area contributed by atoms with Gasteiger partial charge in [-0.05, 0) is 30.3 Å². The zero-order valence-electron chi connectivity index (χ0n) is 14.8. The number of alkyl halides is 3. The Labute approximate surface area is 167 Å². The summed E-state index contributed by atoms with van der Waals surface area (Å²) in [5.74, 6) is -1.63. The van der Waals surface area contributed by atoms with E-state index in [0.29, 0.717) is 15.4 Å². The molecule has 8 nitrogen and oxygen atoms in total. The first kappa shape index (κ1) is 20.3. The van der Waals surface area contributed by atoms with E-state index in [0.717, 1.165) is 23.7 Å². The van der Waals surface area contributed by atoms with Crippen molar-refractivity contribution < 1.29 is 27.5 Å². The minimum atomic E-state index is -5.02. The van der Waals surface area contributed by atoms with Gasteiger partial charge in [0.1, 0.15) is 5.69 Å². The van der Waals surface area contributed by atoms with E-state index < -0.39 is 29.7 Å². The molecule has 3 aromatic rings. The van der Waals surface area contributed by atoms with Gasteiger partial charge in [-0.2, -0.15) is 5.10 Å². The summed E-state index contributed by atoms with van der Waals surface area (Å²) in [5.41, 5.74) is 5.71. The lowest BCUT2D eigenvalue weighted by Gasteiger charge is -2.21. The van der Waals surface area contributed by atoms with Crippen LogP contribution in [-0.2, 0) is 7.05 Å². The number of nitrogens with zero attached hydrogens (tertiary/aromatic N) is 3. The summed E-state index contributed by atoms with van der Waals surface area (Å²) in [4.78, 5) is 24.0. The molecule has 0 unspecified atom stereocenters. The van der Waals surface area contributed by atoms with Crippen molar-refractivity contribution >= 4 is 47.0 Å². The molecule has 0 spiro atoms. The number of fused-ring (bicyclic) bond motifs is 1. The number of urea groups is 1. The molecule has 0 aliphatic carbocycles. The van der Waals surface area contributed by atoms with Crippen LogP contribution in [0.5, 0.6) is 5.75 Å². The van der Waals surface area contributed by atoms with Crippen LogP contribution in [0.25, 0.3) is 10.9 Å². The molecule has 152 valence electrons. The van der Waals surface area contributed by atoms with Crippen molar-refractivity contribution in [3.05, 3.63) is 48.2 Å². The number of aromatic nitrogens is 2. The third kappa shape index (κ3) is 4.37. The molecule has 1 heterocycles. The minimum absolute atomic E-state index is 0.129. The Morgan fingerprint density at radius 1 is 1.28 bits per heavy atom. The van der Waals surface area contributed by atoms with Crippen molar-refractivity contribution in [3.63, 3.8) is 0 Å². The van der Waals surface area contributed by atoms with Crippen molar-refractivity contribution in [2.75, 3.05) is 9.62 Å². The van der Waals surface area contributed by atoms with Gasteiger partial charge in [0.2, 0.25) is 5.91 Å². The molecule has 0 atom stereocenters. The van der Waals surface area contributed by atoms with Crippen molar-refractivity contribution in [2.45, 2.75) is 6.36 Å². The van der Waals surface area contributed by atoms with Crippen LogP contribution < -0.4 is 20.1 Å². The SMILES string of the molecule is Cn1ncc2c(NC(=O)N(S)c3cc(C(N)=O)ccc3OC(F)(F)F)cccc21. The van der Waals surface area contributed by atoms with E-state index in [4.69, 9.17) is 5.73 Å². The summed E-state index contributed by atoms with van der Waals surface area (Å²) in [6, 6.07) is 7.05. The van der Waals surface area contributed by atoms with Crippen LogP contribution >= 0.6 is 12.8 Å². The van der Waals surface area contributed by atoms with E-state index in [1.54, 1.807) is 29.9 Å². The molecule has 0 aliphatic rings. The summed E-state index contributed by atoms with van der Waals surface area (Å²) < 4.78 is 44.2. The maximum atomic E-state index is 12.7. The van der Waals surface area contributed by atoms with Gasteiger partial charge in [-0.25, -0.2) is 9.10 Å². The van der Waals surface area contributed by atoms with Gasteiger partial charge in [-0.15, -0.1) is 13.2 Å². The van der Waals surface area contributed by atoms with Crippen LogP contribution in [0.2, 0.25) is 0 Å². The highest BCUT2D eigenvalue weighted by molar-refractivity contribution is 7.82. The number of nitrogens with one attached hydrogen (secondary N) is 1. The second-order valence-electron chi connectivity index (χ2n) is 5.84. The molecule has 0 fully saturated rings. The lowest BCUT2D eigenvalue weighted by molar-refractivity contribution is -0.274. The molecule has 0 saturated heterocycles. The number of primary amides is 1. The van der Waals surface area contributed by atoms with Crippen molar-refractivity contribution in [3.8, 4) is 5.75 Å². The van der Waals surface area contributed by atoms with E-state index in [-0.39, 0.29) is 5.56 Å². The number of nitrogens with two attached hydrogens (primary N) is 1. The maximum absolute atomic E-state index is 12.7. The summed E-state index contributed by atoms with van der Waals surface area (Å²) in [5, 5.41) is 7.24. The van der Waals surface area contributed by atoms with Gasteiger partial charge >= 0.3 is 12.4 Å². The number of hydrogen-bond donors (Lipinski definition) is 3. The average Bonchev–Trinajstić information content (AvgIpc) is 3.02. The van der Waals surface area contributed by atoms with Crippen LogP contribution in [0.1, 0.15) is 10.4 Å². The molecular formula is C17H14F3N5O3S. The van der Waals surface area contributed by atoms with E-state index in [1.807, 2.05) is 0 Å². The topological polar surface area (TPSA) is 102 Å². The monoisotopic (exact) mass is 425 g/mol. The molecule has 3 N–H and O–H groups in total. The highest BCUT2D eigenvalue weighted by Gasteiger charge is 2.33. The van der Waals surface area contributed by atoms with E-state index in [2.05, 4.69) is 28.0 Å². The number of benzene rings is 2. The summed E-state index contributed by atoms with van der Waals surface area (Å²) in [7, 11) is 1.72. The lowest BCUT2D eigenvalue weighted by Crippen LogP contribution is -2.28. The first-order chi connectivity index (χ1) is 13.6. The number of amides is 3. The molecule has 0 saturated carbocycles. The maximum Gasteiger partial charge on any atom is 0.573 e. The molecule has 3 amide bonds. The molecule has 12 heteroatoms. The standard InChI is InChI=1S/C17H14F3N5O3S/c1-24-12-4-2-3-11(10(12)8-22-24)23-16(27)25(29)13-7-9(15(21)26)5-6-14(13)28-17(18,19)20/h2-8,29H,1H3,(H2,21,26)(H,23,27).